The number of benzene rings is 1. The van der Waals surface area contributed by atoms with Gasteiger partial charge in [0, 0.05) is 45.8 Å². The van der Waals surface area contributed by atoms with Crippen LogP contribution in [-0.2, 0) is 0 Å². The van der Waals surface area contributed by atoms with Gasteiger partial charge in [0.15, 0.2) is 5.01 Å². The Morgan fingerprint density at radius 3 is 2.71 bits per heavy atom. The lowest BCUT2D eigenvalue weighted by atomic mass is 10.2. The van der Waals surface area contributed by atoms with Gasteiger partial charge in [-0.2, -0.15) is 0 Å². The maximum absolute atomic E-state index is 12.8. The molecule has 2 aromatic heterocycles. The summed E-state index contributed by atoms with van der Waals surface area (Å²) in [6.07, 6.45) is 1.67. The topological polar surface area (TPSA) is 97.7 Å². The Balaban J connectivity index is 1.48. The van der Waals surface area contributed by atoms with Crippen molar-refractivity contribution in [1.29, 1.82) is 0 Å². The zero-order chi connectivity index (χ0) is 24.2. The number of rotatable bonds is 7. The lowest BCUT2D eigenvalue weighted by Crippen LogP contribution is -2.47. The summed E-state index contributed by atoms with van der Waals surface area (Å²) < 4.78 is 0. The molecule has 1 aromatic carbocycles. The Morgan fingerprint density at radius 1 is 1.24 bits per heavy atom. The molecule has 0 radical (unpaired) electrons. The van der Waals surface area contributed by atoms with Gasteiger partial charge >= 0.3 is 0 Å². The average Bonchev–Trinajstić information content (AvgIpc) is 3.32. The zero-order valence-electron chi connectivity index (χ0n) is 19.5. The lowest BCUT2D eigenvalue weighted by molar-refractivity contribution is 0.102. The van der Waals surface area contributed by atoms with E-state index in [1.807, 2.05) is 44.0 Å². The molecule has 0 unspecified atom stereocenters. The van der Waals surface area contributed by atoms with Crippen molar-refractivity contribution in [3.63, 3.8) is 0 Å². The van der Waals surface area contributed by atoms with Crippen LogP contribution in [0.3, 0.4) is 0 Å². The standard InChI is InChI=1S/C23H28ClN7O2S/c1-15-5-4-6-17(24)21(15)28-22(33)23-25-14-20(34-23)29(3)18-13-19(27-16(2)26-18)31-9-7-30(8-10-31)11-12-32/h4-6,13-14,32H,7-12H2,1-3H3,(H,28,33). The first-order valence-corrected chi connectivity index (χ1v) is 12.2. The van der Waals surface area contributed by atoms with Gasteiger partial charge in [-0.1, -0.05) is 35.1 Å². The number of aryl methyl sites for hydroxylation is 2. The first kappa shape index (κ1) is 24.3. The van der Waals surface area contributed by atoms with Gasteiger partial charge in [-0.05, 0) is 25.5 Å². The quantitative estimate of drug-likeness (QED) is 0.508. The fourth-order valence-corrected chi connectivity index (χ4v) is 4.86. The largest absolute Gasteiger partial charge is 0.395 e. The maximum Gasteiger partial charge on any atom is 0.284 e. The van der Waals surface area contributed by atoms with Crippen LogP contribution in [0, 0.1) is 13.8 Å². The molecule has 0 saturated carbocycles. The number of β-amino-alcohol motifs (C(OH)–C–C–N with tert-alkyl or cyclic N) is 1. The second kappa shape index (κ2) is 10.6. The van der Waals surface area contributed by atoms with E-state index >= 15 is 0 Å². The third-order valence-corrected chi connectivity index (χ3v) is 7.13. The number of aliphatic hydroxyl groups excluding tert-OH is 1. The highest BCUT2D eigenvalue weighted by atomic mass is 35.5. The van der Waals surface area contributed by atoms with E-state index in [0.717, 1.165) is 48.4 Å². The highest BCUT2D eigenvalue weighted by molar-refractivity contribution is 7.17. The minimum absolute atomic E-state index is 0.175. The highest BCUT2D eigenvalue weighted by Crippen LogP contribution is 2.31. The fraction of sp³-hybridized carbons (Fsp3) is 0.391. The van der Waals surface area contributed by atoms with Crippen molar-refractivity contribution in [3.05, 3.63) is 51.9 Å². The van der Waals surface area contributed by atoms with E-state index in [-0.39, 0.29) is 12.5 Å². The van der Waals surface area contributed by atoms with Gasteiger partial charge in [-0.25, -0.2) is 15.0 Å². The fourth-order valence-electron chi connectivity index (χ4n) is 3.81. The van der Waals surface area contributed by atoms with Crippen LogP contribution < -0.4 is 15.1 Å². The molecule has 1 saturated heterocycles. The van der Waals surface area contributed by atoms with Crippen molar-refractivity contribution >= 4 is 51.2 Å². The smallest absolute Gasteiger partial charge is 0.284 e. The van der Waals surface area contributed by atoms with Gasteiger partial charge in [0.05, 0.1) is 23.5 Å². The molecule has 34 heavy (non-hydrogen) atoms. The summed E-state index contributed by atoms with van der Waals surface area (Å²) in [5, 5.41) is 13.6. The van der Waals surface area contributed by atoms with Gasteiger partial charge in [0.25, 0.3) is 5.91 Å². The summed E-state index contributed by atoms with van der Waals surface area (Å²) in [7, 11) is 1.90. The molecule has 1 aliphatic heterocycles. The van der Waals surface area contributed by atoms with Crippen molar-refractivity contribution in [1.82, 2.24) is 19.9 Å². The van der Waals surface area contributed by atoms with E-state index in [1.54, 1.807) is 12.3 Å². The first-order valence-electron chi connectivity index (χ1n) is 11.1. The molecule has 4 rings (SSSR count). The van der Waals surface area contributed by atoms with Crippen LogP contribution in [0.5, 0.6) is 0 Å². The van der Waals surface area contributed by atoms with E-state index in [9.17, 15) is 4.79 Å². The molecule has 3 aromatic rings. The van der Waals surface area contributed by atoms with Crippen LogP contribution in [0.25, 0.3) is 0 Å². The van der Waals surface area contributed by atoms with Crippen LogP contribution in [0.2, 0.25) is 5.02 Å². The van der Waals surface area contributed by atoms with Crippen molar-refractivity contribution in [2.75, 3.05) is 61.5 Å². The Hall–Kier alpha value is -2.79. The predicted octanol–water partition coefficient (Wildman–Crippen LogP) is 3.34. The number of para-hydroxylation sites is 1. The maximum atomic E-state index is 12.8. The van der Waals surface area contributed by atoms with Crippen LogP contribution in [0.4, 0.5) is 22.3 Å². The number of piperazine rings is 1. The molecular weight excluding hydrogens is 474 g/mol. The number of hydrogen-bond donors (Lipinski definition) is 2. The molecule has 1 amide bonds. The van der Waals surface area contributed by atoms with E-state index in [2.05, 4.69) is 30.1 Å². The lowest BCUT2D eigenvalue weighted by Gasteiger charge is -2.35. The number of carbonyl (C=O) groups is 1. The SMILES string of the molecule is Cc1nc(N2CCN(CCO)CC2)cc(N(C)c2cnc(C(=O)Nc3c(C)cccc3Cl)s2)n1. The number of carbonyl (C=O) groups excluding carboxylic acids is 1. The molecular formula is C23H28ClN7O2S. The third kappa shape index (κ3) is 5.47. The minimum Gasteiger partial charge on any atom is -0.395 e. The molecule has 0 bridgehead atoms. The molecule has 0 spiro atoms. The summed E-state index contributed by atoms with van der Waals surface area (Å²) in [6, 6.07) is 7.44. The van der Waals surface area contributed by atoms with Crippen LogP contribution >= 0.6 is 22.9 Å². The molecule has 1 fully saturated rings. The highest BCUT2D eigenvalue weighted by Gasteiger charge is 2.21. The van der Waals surface area contributed by atoms with Crippen molar-refractivity contribution in [2.45, 2.75) is 13.8 Å². The molecule has 0 atom stereocenters. The summed E-state index contributed by atoms with van der Waals surface area (Å²) in [6.45, 7) is 8.08. The van der Waals surface area contributed by atoms with Gasteiger partial charge < -0.3 is 20.2 Å². The molecule has 180 valence electrons. The number of hydrogen-bond acceptors (Lipinski definition) is 9. The Bertz CT molecular complexity index is 1140. The summed E-state index contributed by atoms with van der Waals surface area (Å²) in [5.41, 5.74) is 1.48. The zero-order valence-corrected chi connectivity index (χ0v) is 21.0. The molecule has 3 heterocycles. The molecule has 2 N–H and O–H groups in total. The molecule has 11 heteroatoms. The van der Waals surface area contributed by atoms with Gasteiger partial charge in [-0.3, -0.25) is 9.69 Å². The van der Waals surface area contributed by atoms with Gasteiger partial charge in [0.1, 0.15) is 22.5 Å². The number of halogens is 1. The minimum atomic E-state index is -0.304. The summed E-state index contributed by atoms with van der Waals surface area (Å²) in [4.78, 5) is 32.7. The molecule has 0 aliphatic carbocycles. The number of amides is 1. The van der Waals surface area contributed by atoms with E-state index in [0.29, 0.717) is 28.1 Å². The van der Waals surface area contributed by atoms with Crippen molar-refractivity contribution in [2.24, 2.45) is 0 Å². The molecule has 9 nitrogen and oxygen atoms in total. The van der Waals surface area contributed by atoms with Crippen molar-refractivity contribution in [3.8, 4) is 0 Å². The number of aliphatic hydroxyl groups is 1. The Kier molecular flexibility index (Phi) is 7.62. The summed E-state index contributed by atoms with van der Waals surface area (Å²) >= 11 is 7.53. The second-order valence-corrected chi connectivity index (χ2v) is 9.55. The number of anilines is 4. The Morgan fingerprint density at radius 2 is 2.00 bits per heavy atom. The van der Waals surface area contributed by atoms with E-state index < -0.39 is 0 Å². The Labute approximate surface area is 208 Å². The number of nitrogens with one attached hydrogen (secondary N) is 1. The second-order valence-electron chi connectivity index (χ2n) is 8.13. The third-order valence-electron chi connectivity index (χ3n) is 5.75. The van der Waals surface area contributed by atoms with Gasteiger partial charge in [0.2, 0.25) is 0 Å². The number of aromatic nitrogens is 3. The average molecular weight is 502 g/mol. The van der Waals surface area contributed by atoms with Crippen LogP contribution in [0.1, 0.15) is 21.2 Å². The normalized spacial score (nSPS) is 14.3. The molecule has 1 aliphatic rings. The van der Waals surface area contributed by atoms with Gasteiger partial charge in [-0.15, -0.1) is 0 Å². The van der Waals surface area contributed by atoms with Crippen LogP contribution in [-0.4, -0.2) is 77.2 Å². The number of thiazole rings is 1. The summed E-state index contributed by atoms with van der Waals surface area (Å²) in [5.74, 6) is 1.97. The number of nitrogens with zero attached hydrogens (tertiary/aromatic N) is 6. The van der Waals surface area contributed by atoms with E-state index in [1.165, 1.54) is 11.3 Å². The monoisotopic (exact) mass is 501 g/mol. The van der Waals surface area contributed by atoms with Crippen molar-refractivity contribution < 1.29 is 9.90 Å². The van der Waals surface area contributed by atoms with Crippen LogP contribution in [0.15, 0.2) is 30.5 Å². The van der Waals surface area contributed by atoms with E-state index in [4.69, 9.17) is 16.7 Å². The predicted molar refractivity (Wildman–Crippen MR) is 137 cm³/mol. The first-order chi connectivity index (χ1) is 16.4.